The van der Waals surface area contributed by atoms with Gasteiger partial charge in [-0.2, -0.15) is 10.5 Å². The van der Waals surface area contributed by atoms with Gasteiger partial charge < -0.3 is 13.7 Å². The van der Waals surface area contributed by atoms with E-state index in [1.165, 1.54) is 76.7 Å². The maximum Gasteiger partial charge on any atom is 0.0991 e. The zero-order valence-corrected chi connectivity index (χ0v) is 41.3. The van der Waals surface area contributed by atoms with Gasteiger partial charge >= 0.3 is 0 Å². The van der Waals surface area contributed by atoms with Crippen LogP contribution < -0.4 is 0 Å². The molecule has 0 aliphatic heterocycles. The molecule has 3 aromatic heterocycles. The van der Waals surface area contributed by atoms with Crippen LogP contribution in [0.5, 0.6) is 0 Å². The van der Waals surface area contributed by atoms with E-state index in [2.05, 4.69) is 228 Å². The molecule has 11 aromatic carbocycles. The first-order chi connectivity index (χ1) is 36.9. The molecule has 0 N–H and O–H groups in total. The number of fused-ring (bicyclic) bond motifs is 9. The van der Waals surface area contributed by atoms with Crippen LogP contribution in [0.1, 0.15) is 22.3 Å². The molecule has 5 nitrogen and oxygen atoms in total. The average molecular weight is 956 g/mol. The molecule has 0 atom stereocenters. The molecule has 0 saturated heterocycles. The zero-order valence-electron chi connectivity index (χ0n) is 41.3. The number of nitrogens with zero attached hydrogens (tertiary/aromatic N) is 5. The van der Waals surface area contributed by atoms with Crippen molar-refractivity contribution >= 4 is 65.4 Å². The topological polar surface area (TPSA) is 62.4 Å². The molecule has 0 spiro atoms. The summed E-state index contributed by atoms with van der Waals surface area (Å²) in [5, 5.41) is 25.9. The average Bonchev–Trinajstić information content (AvgIpc) is 4.18. The third kappa shape index (κ3) is 7.06. The molecule has 0 radical (unpaired) electrons. The maximum atomic E-state index is 9.33. The summed E-state index contributed by atoms with van der Waals surface area (Å²) in [6, 6.07) is 89.1. The van der Waals surface area contributed by atoms with Crippen LogP contribution in [0, 0.1) is 36.5 Å². The van der Waals surface area contributed by atoms with Gasteiger partial charge in [0.15, 0.2) is 0 Å². The largest absolute Gasteiger partial charge is 0.309 e. The van der Waals surface area contributed by atoms with Crippen molar-refractivity contribution in [2.24, 2.45) is 0 Å². The van der Waals surface area contributed by atoms with Gasteiger partial charge in [-0.05, 0) is 191 Å². The van der Waals surface area contributed by atoms with Gasteiger partial charge in [0.2, 0.25) is 0 Å². The van der Waals surface area contributed by atoms with Gasteiger partial charge in [-0.25, -0.2) is 0 Å². The molecule has 0 unspecified atom stereocenters. The highest BCUT2D eigenvalue weighted by molar-refractivity contribution is 6.16. The lowest BCUT2D eigenvalue weighted by Gasteiger charge is -2.13. The molecular weight excluding hydrogens is 911 g/mol. The fourth-order valence-electron chi connectivity index (χ4n) is 11.8. The van der Waals surface area contributed by atoms with E-state index in [9.17, 15) is 10.5 Å². The van der Waals surface area contributed by atoms with Gasteiger partial charge in [0.1, 0.15) is 0 Å². The lowest BCUT2D eigenvalue weighted by Crippen LogP contribution is -1.97. The van der Waals surface area contributed by atoms with Crippen LogP contribution in [0.4, 0.5) is 0 Å². The van der Waals surface area contributed by atoms with Crippen molar-refractivity contribution in [2.75, 3.05) is 0 Å². The summed E-state index contributed by atoms with van der Waals surface area (Å²) in [6.07, 6.45) is 0. The first-order valence-corrected chi connectivity index (χ1v) is 25.3. The summed E-state index contributed by atoms with van der Waals surface area (Å²) in [4.78, 5) is 0. The maximum absolute atomic E-state index is 9.33. The standard InChI is InChI=1S/C70H45N5/c1-44-36-54(52-28-34-67-61(38-52)59-12-6-8-14-65(59)73(67)57-30-24-50(25-31-57)48-20-16-46(42-71)17-21-48)40-63-64-41-55(37-45(2)70(64)75(69(44)63)56-10-4-3-5-11-56)53-29-35-68-62(39-53)60-13-7-9-15-66(60)74(68)58-32-26-51(27-33-58)49-22-18-47(43-72)19-23-49/h3-41H,1-2H3. The molecule has 0 amide bonds. The van der Waals surface area contributed by atoms with Gasteiger partial charge in [-0.3, -0.25) is 0 Å². The predicted molar refractivity (Wildman–Crippen MR) is 310 cm³/mol. The van der Waals surface area contributed by atoms with Crippen LogP contribution in [0.3, 0.4) is 0 Å². The minimum Gasteiger partial charge on any atom is -0.309 e. The van der Waals surface area contributed by atoms with Crippen molar-refractivity contribution in [3.63, 3.8) is 0 Å². The summed E-state index contributed by atoms with van der Waals surface area (Å²) in [6.45, 7) is 4.52. The number of nitriles is 2. The van der Waals surface area contributed by atoms with Crippen molar-refractivity contribution in [2.45, 2.75) is 13.8 Å². The number of para-hydroxylation sites is 3. The molecule has 5 heteroatoms. The van der Waals surface area contributed by atoms with Crippen LogP contribution in [0.25, 0.3) is 127 Å². The second kappa shape index (κ2) is 17.2. The van der Waals surface area contributed by atoms with Crippen LogP contribution in [-0.4, -0.2) is 13.7 Å². The number of aromatic nitrogens is 3. The number of hydrogen-bond acceptors (Lipinski definition) is 2. The normalized spacial score (nSPS) is 11.6. The Balaban J connectivity index is 0.895. The smallest absolute Gasteiger partial charge is 0.0991 e. The molecule has 0 aliphatic rings. The number of benzene rings is 11. The van der Waals surface area contributed by atoms with E-state index in [0.717, 1.165) is 61.4 Å². The molecule has 0 bridgehead atoms. The molecule has 75 heavy (non-hydrogen) atoms. The Hall–Kier alpha value is -10.2. The van der Waals surface area contributed by atoms with Gasteiger partial charge in [0.25, 0.3) is 0 Å². The third-order valence-electron chi connectivity index (χ3n) is 15.3. The van der Waals surface area contributed by atoms with Gasteiger partial charge in [-0.1, -0.05) is 115 Å². The number of hydrogen-bond donors (Lipinski definition) is 0. The first kappa shape index (κ1) is 43.6. The third-order valence-corrected chi connectivity index (χ3v) is 15.3. The van der Waals surface area contributed by atoms with Crippen LogP contribution in [0.2, 0.25) is 0 Å². The van der Waals surface area contributed by atoms with Gasteiger partial charge in [0.05, 0.1) is 56.4 Å². The molecule has 350 valence electrons. The highest BCUT2D eigenvalue weighted by atomic mass is 15.0. The number of aryl methyl sites for hydroxylation is 2. The number of rotatable bonds is 7. The van der Waals surface area contributed by atoms with Crippen LogP contribution >= 0.6 is 0 Å². The van der Waals surface area contributed by atoms with E-state index in [-0.39, 0.29) is 0 Å². The van der Waals surface area contributed by atoms with Crippen LogP contribution in [0.15, 0.2) is 237 Å². The van der Waals surface area contributed by atoms with Crippen molar-refractivity contribution < 1.29 is 0 Å². The summed E-state index contributed by atoms with van der Waals surface area (Å²) in [7, 11) is 0. The van der Waals surface area contributed by atoms with Crippen molar-refractivity contribution in [1.82, 2.24) is 13.7 Å². The highest BCUT2D eigenvalue weighted by Gasteiger charge is 2.21. The van der Waals surface area contributed by atoms with Crippen LogP contribution in [-0.2, 0) is 0 Å². The molecule has 14 rings (SSSR count). The monoisotopic (exact) mass is 955 g/mol. The molecule has 14 aromatic rings. The minimum atomic E-state index is 0.659. The van der Waals surface area contributed by atoms with E-state index in [0.29, 0.717) is 11.1 Å². The van der Waals surface area contributed by atoms with E-state index in [1.54, 1.807) is 0 Å². The van der Waals surface area contributed by atoms with Crippen molar-refractivity contribution in [3.8, 4) is 73.7 Å². The van der Waals surface area contributed by atoms with Gasteiger partial charge in [-0.15, -0.1) is 0 Å². The Labute approximate surface area is 433 Å². The zero-order chi connectivity index (χ0) is 50.3. The van der Waals surface area contributed by atoms with Gasteiger partial charge in [0, 0.05) is 49.4 Å². The molecule has 0 fully saturated rings. The second-order valence-electron chi connectivity index (χ2n) is 19.7. The molecule has 0 aliphatic carbocycles. The fraction of sp³-hybridized carbons (Fsp3) is 0.0286. The van der Waals surface area contributed by atoms with E-state index in [1.807, 2.05) is 48.5 Å². The summed E-state index contributed by atoms with van der Waals surface area (Å²) in [5.74, 6) is 0. The quantitative estimate of drug-likeness (QED) is 0.160. The highest BCUT2D eigenvalue weighted by Crippen LogP contribution is 2.43. The Morgan fingerprint density at radius 3 is 1.01 bits per heavy atom. The second-order valence-corrected chi connectivity index (χ2v) is 19.7. The molecular formula is C70H45N5. The lowest BCUT2D eigenvalue weighted by atomic mass is 9.96. The Morgan fingerprint density at radius 2 is 0.600 bits per heavy atom. The van der Waals surface area contributed by atoms with E-state index in [4.69, 9.17) is 0 Å². The Kier molecular flexibility index (Phi) is 10.0. The summed E-state index contributed by atoms with van der Waals surface area (Å²) in [5.41, 5.74) is 23.2. The Morgan fingerprint density at radius 1 is 0.267 bits per heavy atom. The first-order valence-electron chi connectivity index (χ1n) is 25.3. The SMILES string of the molecule is Cc1cc(-c2ccc3c(c2)c2ccccc2n3-c2ccc(-c3ccc(C#N)cc3)cc2)cc2c3cc(-c4ccc5c(c4)c4ccccc4n5-c4ccc(-c5ccc(C#N)cc5)cc4)cc(C)c3n(-c3ccccc3)c12. The van der Waals surface area contributed by atoms with E-state index >= 15 is 0 Å². The fourth-order valence-corrected chi connectivity index (χ4v) is 11.8. The van der Waals surface area contributed by atoms with E-state index < -0.39 is 0 Å². The Bertz CT molecular complexity index is 4410. The van der Waals surface area contributed by atoms with Crippen molar-refractivity contribution in [1.29, 1.82) is 10.5 Å². The predicted octanol–water partition coefficient (Wildman–Crippen LogP) is 18.0. The molecule has 3 heterocycles. The summed E-state index contributed by atoms with van der Waals surface area (Å²) >= 11 is 0. The summed E-state index contributed by atoms with van der Waals surface area (Å²) < 4.78 is 7.21. The minimum absolute atomic E-state index is 0.659. The molecule has 0 saturated carbocycles. The lowest BCUT2D eigenvalue weighted by molar-refractivity contribution is 1.16. The van der Waals surface area contributed by atoms with Crippen molar-refractivity contribution in [3.05, 3.63) is 259 Å².